The summed E-state index contributed by atoms with van der Waals surface area (Å²) in [6.45, 7) is 0.883. The Morgan fingerprint density at radius 3 is 2.40 bits per heavy atom. The number of hydrogen-bond acceptors (Lipinski definition) is 4. The Hall–Kier alpha value is -1.17. The Bertz CT molecular complexity index is 806. The van der Waals surface area contributed by atoms with Crippen molar-refractivity contribution in [2.45, 2.75) is 43.7 Å². The standard InChI is InChI=1S/C23H31ClN2O2.2ClH/c1-26(15-13-17-11-12-20(27-2)21(16-17)28-3)23(14-7-6-10-22(23)25)18-8-4-5-9-19(18)24;;/h4-5,8-9,11-12,16,22H,6-7,10,13-15,25H2,1-3H3;2*1H/t22-,23+;;/m1../s1. The summed E-state index contributed by atoms with van der Waals surface area (Å²) in [7, 11) is 5.50. The van der Waals surface area contributed by atoms with Gasteiger partial charge < -0.3 is 15.2 Å². The Morgan fingerprint density at radius 1 is 1.07 bits per heavy atom. The summed E-state index contributed by atoms with van der Waals surface area (Å²) >= 11 is 6.63. The van der Waals surface area contributed by atoms with Gasteiger partial charge in [0.2, 0.25) is 0 Å². The van der Waals surface area contributed by atoms with E-state index in [-0.39, 0.29) is 36.4 Å². The second-order valence-electron chi connectivity index (χ2n) is 7.62. The lowest BCUT2D eigenvalue weighted by Crippen LogP contribution is -2.58. The number of likely N-dealkylation sites (N-methyl/N-ethyl adjacent to an activating group) is 1. The fourth-order valence-electron chi connectivity index (χ4n) is 4.54. The monoisotopic (exact) mass is 474 g/mol. The third kappa shape index (κ3) is 5.35. The van der Waals surface area contributed by atoms with Crippen molar-refractivity contribution in [2.75, 3.05) is 27.8 Å². The van der Waals surface area contributed by atoms with Gasteiger partial charge in [0.05, 0.1) is 19.8 Å². The zero-order valence-corrected chi connectivity index (χ0v) is 20.3. The van der Waals surface area contributed by atoms with Crippen LogP contribution in [0.25, 0.3) is 0 Å². The number of rotatable bonds is 7. The molecule has 0 radical (unpaired) electrons. The minimum Gasteiger partial charge on any atom is -0.493 e. The number of nitrogens with zero attached hydrogens (tertiary/aromatic N) is 1. The van der Waals surface area contributed by atoms with E-state index in [1.807, 2.05) is 18.2 Å². The van der Waals surface area contributed by atoms with Gasteiger partial charge in [-0.15, -0.1) is 24.8 Å². The predicted molar refractivity (Wildman–Crippen MR) is 130 cm³/mol. The van der Waals surface area contributed by atoms with E-state index in [0.717, 1.165) is 47.9 Å². The molecule has 7 heteroatoms. The van der Waals surface area contributed by atoms with Gasteiger partial charge in [0.15, 0.2) is 11.5 Å². The third-order valence-electron chi connectivity index (χ3n) is 6.14. The number of halogens is 3. The fourth-order valence-corrected chi connectivity index (χ4v) is 4.84. The molecule has 0 aromatic heterocycles. The van der Waals surface area contributed by atoms with Gasteiger partial charge in [-0.25, -0.2) is 0 Å². The maximum absolute atomic E-state index is 6.73. The van der Waals surface area contributed by atoms with Crippen LogP contribution in [0.5, 0.6) is 11.5 Å². The highest BCUT2D eigenvalue weighted by molar-refractivity contribution is 6.31. The van der Waals surface area contributed by atoms with Crippen LogP contribution in [-0.2, 0) is 12.0 Å². The molecule has 3 rings (SSSR count). The molecule has 0 unspecified atom stereocenters. The molecule has 1 fully saturated rings. The summed E-state index contributed by atoms with van der Waals surface area (Å²) in [6.07, 6.45) is 5.29. The van der Waals surface area contributed by atoms with Crippen LogP contribution in [0.2, 0.25) is 5.02 Å². The molecule has 30 heavy (non-hydrogen) atoms. The molecule has 2 atom stereocenters. The molecule has 0 heterocycles. The van der Waals surface area contributed by atoms with Gasteiger partial charge in [0.1, 0.15) is 0 Å². The van der Waals surface area contributed by atoms with Gasteiger partial charge in [-0.3, -0.25) is 4.90 Å². The van der Waals surface area contributed by atoms with Crippen molar-refractivity contribution >= 4 is 36.4 Å². The highest BCUT2D eigenvalue weighted by atomic mass is 35.5. The molecular weight excluding hydrogens is 443 g/mol. The molecule has 0 bridgehead atoms. The molecule has 1 aliphatic rings. The molecule has 1 saturated carbocycles. The second-order valence-corrected chi connectivity index (χ2v) is 8.02. The van der Waals surface area contributed by atoms with Gasteiger partial charge >= 0.3 is 0 Å². The minimum atomic E-state index is -0.229. The zero-order valence-electron chi connectivity index (χ0n) is 17.9. The van der Waals surface area contributed by atoms with Gasteiger partial charge in [-0.1, -0.05) is 48.7 Å². The van der Waals surface area contributed by atoms with E-state index in [0.29, 0.717) is 0 Å². The summed E-state index contributed by atoms with van der Waals surface area (Å²) in [6, 6.07) is 14.3. The lowest BCUT2D eigenvalue weighted by atomic mass is 9.72. The zero-order chi connectivity index (χ0) is 20.1. The molecule has 2 aromatic carbocycles. The summed E-state index contributed by atoms with van der Waals surface area (Å²) in [5.41, 5.74) is 8.87. The van der Waals surface area contributed by atoms with Crippen molar-refractivity contribution in [1.82, 2.24) is 4.90 Å². The van der Waals surface area contributed by atoms with Gasteiger partial charge in [-0.05, 0) is 55.6 Å². The summed E-state index contributed by atoms with van der Waals surface area (Å²) in [5, 5.41) is 0.804. The Labute approximate surface area is 197 Å². The number of nitrogens with two attached hydrogens (primary N) is 1. The maximum atomic E-state index is 6.73. The van der Waals surface area contributed by atoms with Crippen LogP contribution in [0.1, 0.15) is 36.8 Å². The van der Waals surface area contributed by atoms with Gasteiger partial charge in [0.25, 0.3) is 0 Å². The van der Waals surface area contributed by atoms with Crippen LogP contribution in [0.3, 0.4) is 0 Å². The van der Waals surface area contributed by atoms with E-state index >= 15 is 0 Å². The normalized spacial score (nSPS) is 20.8. The van der Waals surface area contributed by atoms with Crippen LogP contribution in [0.15, 0.2) is 42.5 Å². The van der Waals surface area contributed by atoms with E-state index in [9.17, 15) is 0 Å². The Kier molecular flexibility index (Phi) is 10.8. The van der Waals surface area contributed by atoms with Gasteiger partial charge in [-0.2, -0.15) is 0 Å². The topological polar surface area (TPSA) is 47.7 Å². The molecule has 2 aromatic rings. The lowest BCUT2D eigenvalue weighted by Gasteiger charge is -2.49. The third-order valence-corrected chi connectivity index (χ3v) is 6.47. The lowest BCUT2D eigenvalue weighted by molar-refractivity contribution is 0.0527. The van der Waals surface area contributed by atoms with E-state index in [1.165, 1.54) is 18.4 Å². The molecule has 2 N–H and O–H groups in total. The molecule has 0 amide bonds. The van der Waals surface area contributed by atoms with Crippen LogP contribution < -0.4 is 15.2 Å². The fraction of sp³-hybridized carbons (Fsp3) is 0.478. The quantitative estimate of drug-likeness (QED) is 0.576. The second kappa shape index (κ2) is 12.0. The number of hydrogen-bond donors (Lipinski definition) is 1. The highest BCUT2D eigenvalue weighted by Gasteiger charge is 2.44. The first kappa shape index (κ1) is 26.9. The highest BCUT2D eigenvalue weighted by Crippen LogP contribution is 2.43. The first-order valence-electron chi connectivity index (χ1n) is 9.95. The minimum absolute atomic E-state index is 0. The van der Waals surface area contributed by atoms with Crippen molar-refractivity contribution < 1.29 is 9.47 Å². The van der Waals surface area contributed by atoms with Crippen LogP contribution in [0.4, 0.5) is 0 Å². The van der Waals surface area contributed by atoms with Crippen LogP contribution in [-0.4, -0.2) is 38.8 Å². The summed E-state index contributed by atoms with van der Waals surface area (Å²) < 4.78 is 10.8. The summed E-state index contributed by atoms with van der Waals surface area (Å²) in [5.74, 6) is 1.51. The maximum Gasteiger partial charge on any atom is 0.160 e. The average Bonchev–Trinajstić information content (AvgIpc) is 2.72. The SMILES string of the molecule is COc1ccc(CCN(C)[C@]2(c3ccccc3Cl)CCCC[C@H]2N)cc1OC.Cl.Cl. The van der Waals surface area contributed by atoms with Crippen molar-refractivity contribution in [3.05, 3.63) is 58.6 Å². The number of methoxy groups -OCH3 is 2. The number of ether oxygens (including phenoxy) is 2. The molecular formula is C23H33Cl3N2O2. The van der Waals surface area contributed by atoms with Crippen molar-refractivity contribution in [3.63, 3.8) is 0 Å². The largest absolute Gasteiger partial charge is 0.493 e. The molecule has 0 aliphatic heterocycles. The van der Waals surface area contributed by atoms with E-state index < -0.39 is 0 Å². The Balaban J connectivity index is 0.00000225. The van der Waals surface area contributed by atoms with E-state index in [1.54, 1.807) is 14.2 Å². The molecule has 168 valence electrons. The van der Waals surface area contributed by atoms with Crippen LogP contribution >= 0.6 is 36.4 Å². The molecule has 0 saturated heterocycles. The van der Waals surface area contributed by atoms with Gasteiger partial charge in [0, 0.05) is 17.6 Å². The summed E-state index contributed by atoms with van der Waals surface area (Å²) in [4.78, 5) is 2.41. The smallest absolute Gasteiger partial charge is 0.160 e. The first-order valence-corrected chi connectivity index (χ1v) is 10.3. The number of benzene rings is 2. The molecule has 0 spiro atoms. The average molecular weight is 476 g/mol. The van der Waals surface area contributed by atoms with Crippen molar-refractivity contribution in [2.24, 2.45) is 5.73 Å². The Morgan fingerprint density at radius 2 is 1.77 bits per heavy atom. The molecule has 4 nitrogen and oxygen atoms in total. The van der Waals surface area contributed by atoms with E-state index in [4.69, 9.17) is 26.8 Å². The van der Waals surface area contributed by atoms with Crippen molar-refractivity contribution in [1.29, 1.82) is 0 Å². The van der Waals surface area contributed by atoms with Crippen LogP contribution in [0, 0.1) is 0 Å². The predicted octanol–water partition coefficient (Wildman–Crippen LogP) is 5.47. The van der Waals surface area contributed by atoms with Crippen molar-refractivity contribution in [3.8, 4) is 11.5 Å². The molecule has 1 aliphatic carbocycles. The first-order chi connectivity index (χ1) is 13.5. The van der Waals surface area contributed by atoms with E-state index in [2.05, 4.69) is 36.2 Å².